The van der Waals surface area contributed by atoms with Crippen LogP contribution in [-0.2, 0) is 4.79 Å². The first kappa shape index (κ1) is 17.9. The molecule has 1 unspecified atom stereocenters. The minimum absolute atomic E-state index is 0.288. The number of nitrogens with two attached hydrogens (primary N) is 1. The van der Waals surface area contributed by atoms with Gasteiger partial charge in [-0.1, -0.05) is 18.7 Å². The van der Waals surface area contributed by atoms with Crippen molar-refractivity contribution >= 4 is 17.7 Å². The first-order valence-corrected chi connectivity index (χ1v) is 8.36. The van der Waals surface area contributed by atoms with Crippen LogP contribution in [0.1, 0.15) is 44.5 Å². The largest absolute Gasteiger partial charge is 0.368 e. The minimum atomic E-state index is -0.625. The second-order valence-electron chi connectivity index (χ2n) is 5.51. The lowest BCUT2D eigenvalue weighted by molar-refractivity contribution is -0.124. The molecule has 1 amide bonds. The summed E-state index contributed by atoms with van der Waals surface area (Å²) in [6, 6.07) is 1.96. The van der Waals surface area contributed by atoms with E-state index < -0.39 is 5.54 Å². The van der Waals surface area contributed by atoms with Crippen molar-refractivity contribution in [1.82, 2.24) is 15.3 Å². The van der Waals surface area contributed by atoms with Crippen LogP contribution in [0.3, 0.4) is 0 Å². The van der Waals surface area contributed by atoms with Gasteiger partial charge in [0.05, 0.1) is 5.54 Å². The molecule has 6 heteroatoms. The molecule has 0 spiro atoms. The van der Waals surface area contributed by atoms with Crippen molar-refractivity contribution in [2.75, 3.05) is 12.3 Å². The van der Waals surface area contributed by atoms with Gasteiger partial charge in [0.1, 0.15) is 0 Å². The van der Waals surface area contributed by atoms with Crippen molar-refractivity contribution in [1.29, 1.82) is 0 Å². The Hall–Kier alpha value is -1.14. The van der Waals surface area contributed by atoms with E-state index in [9.17, 15) is 4.79 Å². The van der Waals surface area contributed by atoms with Gasteiger partial charge in [-0.15, -0.1) is 0 Å². The van der Waals surface area contributed by atoms with Crippen molar-refractivity contribution < 1.29 is 4.79 Å². The van der Waals surface area contributed by atoms with Crippen LogP contribution in [0.5, 0.6) is 0 Å². The summed E-state index contributed by atoms with van der Waals surface area (Å²) < 4.78 is 0. The van der Waals surface area contributed by atoms with Gasteiger partial charge < -0.3 is 11.1 Å². The van der Waals surface area contributed by atoms with Crippen LogP contribution in [0.2, 0.25) is 0 Å². The molecule has 1 heterocycles. The molecule has 1 rings (SSSR count). The molecule has 118 valence electrons. The summed E-state index contributed by atoms with van der Waals surface area (Å²) in [5.74, 6) is 0.586. The lowest BCUT2D eigenvalue weighted by Gasteiger charge is -2.27. The molecule has 0 aliphatic rings. The van der Waals surface area contributed by atoms with E-state index in [1.54, 1.807) is 11.8 Å². The van der Waals surface area contributed by atoms with E-state index in [0.29, 0.717) is 0 Å². The molecule has 0 aliphatic carbocycles. The second-order valence-corrected chi connectivity index (χ2v) is 6.57. The summed E-state index contributed by atoms with van der Waals surface area (Å²) in [6.45, 7) is 8.69. The average molecular weight is 310 g/mol. The van der Waals surface area contributed by atoms with E-state index in [-0.39, 0.29) is 5.91 Å². The third-order valence-electron chi connectivity index (χ3n) is 3.32. The predicted molar refractivity (Wildman–Crippen MR) is 87.4 cm³/mol. The van der Waals surface area contributed by atoms with Crippen LogP contribution < -0.4 is 11.1 Å². The number of aromatic nitrogens is 2. The van der Waals surface area contributed by atoms with Gasteiger partial charge in [-0.05, 0) is 52.6 Å². The van der Waals surface area contributed by atoms with Gasteiger partial charge in [-0.2, -0.15) is 0 Å². The monoisotopic (exact) mass is 310 g/mol. The van der Waals surface area contributed by atoms with Crippen molar-refractivity contribution in [3.05, 3.63) is 17.5 Å². The van der Waals surface area contributed by atoms with Gasteiger partial charge in [0.2, 0.25) is 5.91 Å². The number of amides is 1. The first-order chi connectivity index (χ1) is 9.87. The number of rotatable bonds is 9. The van der Waals surface area contributed by atoms with E-state index in [1.807, 2.05) is 26.8 Å². The van der Waals surface area contributed by atoms with E-state index in [1.165, 1.54) is 0 Å². The Balaban J connectivity index is 2.45. The van der Waals surface area contributed by atoms with Gasteiger partial charge in [-0.25, -0.2) is 9.97 Å². The molecule has 0 aliphatic heterocycles. The smallest absolute Gasteiger partial charge is 0.237 e. The Morgan fingerprint density at radius 1 is 1.38 bits per heavy atom. The van der Waals surface area contributed by atoms with E-state index in [0.717, 1.165) is 48.1 Å². The van der Waals surface area contributed by atoms with Crippen LogP contribution >= 0.6 is 11.8 Å². The SMILES string of the molecule is CCCNC(C)(CCCSc1nc(C)cc(C)n1)C(N)=O. The van der Waals surface area contributed by atoms with E-state index in [4.69, 9.17) is 5.73 Å². The standard InChI is InChI=1S/C15H26N4OS/c1-5-8-17-15(4,13(16)20)7-6-9-21-14-18-11(2)10-12(3)19-14/h10,17H,5-9H2,1-4H3,(H2,16,20). The number of carbonyl (C=O) groups is 1. The van der Waals surface area contributed by atoms with Crippen molar-refractivity contribution in [3.8, 4) is 0 Å². The molecule has 21 heavy (non-hydrogen) atoms. The zero-order chi connectivity index (χ0) is 15.9. The lowest BCUT2D eigenvalue weighted by Crippen LogP contribution is -2.53. The molecule has 0 saturated heterocycles. The number of hydrogen-bond acceptors (Lipinski definition) is 5. The van der Waals surface area contributed by atoms with Crippen molar-refractivity contribution in [2.24, 2.45) is 5.73 Å². The number of aryl methyl sites for hydroxylation is 2. The van der Waals surface area contributed by atoms with Gasteiger partial charge in [0.15, 0.2) is 5.16 Å². The number of primary amides is 1. The number of nitrogens with zero attached hydrogens (tertiary/aromatic N) is 2. The van der Waals surface area contributed by atoms with Gasteiger partial charge in [-0.3, -0.25) is 4.79 Å². The normalized spacial score (nSPS) is 13.9. The summed E-state index contributed by atoms with van der Waals surface area (Å²) in [5, 5.41) is 4.05. The fourth-order valence-electron chi connectivity index (χ4n) is 2.05. The molecule has 0 radical (unpaired) electrons. The highest BCUT2D eigenvalue weighted by Gasteiger charge is 2.29. The first-order valence-electron chi connectivity index (χ1n) is 7.37. The third-order valence-corrected chi connectivity index (χ3v) is 4.26. The molecule has 1 aromatic heterocycles. The molecule has 0 aromatic carbocycles. The molecule has 5 nitrogen and oxygen atoms in total. The predicted octanol–water partition coefficient (Wildman–Crippen LogP) is 2.21. The number of nitrogens with one attached hydrogen (secondary N) is 1. The molecule has 1 atom stereocenters. The maximum Gasteiger partial charge on any atom is 0.237 e. The third kappa shape index (κ3) is 6.01. The average Bonchev–Trinajstić information content (AvgIpc) is 2.40. The van der Waals surface area contributed by atoms with Gasteiger partial charge in [0.25, 0.3) is 0 Å². The van der Waals surface area contributed by atoms with Crippen molar-refractivity contribution in [3.63, 3.8) is 0 Å². The number of carbonyl (C=O) groups excluding carboxylic acids is 1. The van der Waals surface area contributed by atoms with Crippen LogP contribution in [0.25, 0.3) is 0 Å². The number of thioether (sulfide) groups is 1. The highest BCUT2D eigenvalue weighted by molar-refractivity contribution is 7.99. The Kier molecular flexibility index (Phi) is 7.11. The van der Waals surface area contributed by atoms with E-state index in [2.05, 4.69) is 22.2 Å². The maximum absolute atomic E-state index is 11.6. The fourth-order valence-corrected chi connectivity index (χ4v) is 2.94. The summed E-state index contributed by atoms with van der Waals surface area (Å²) in [6.07, 6.45) is 2.59. The van der Waals surface area contributed by atoms with Gasteiger partial charge >= 0.3 is 0 Å². The molecule has 0 bridgehead atoms. The highest BCUT2D eigenvalue weighted by atomic mass is 32.2. The van der Waals surface area contributed by atoms with Gasteiger partial charge in [0, 0.05) is 17.1 Å². The van der Waals surface area contributed by atoms with Crippen LogP contribution in [0, 0.1) is 13.8 Å². The topological polar surface area (TPSA) is 80.9 Å². The molecule has 0 saturated carbocycles. The van der Waals surface area contributed by atoms with E-state index >= 15 is 0 Å². The Morgan fingerprint density at radius 3 is 2.52 bits per heavy atom. The van der Waals surface area contributed by atoms with Crippen LogP contribution in [-0.4, -0.2) is 33.7 Å². The molecule has 3 N–H and O–H groups in total. The maximum atomic E-state index is 11.6. The summed E-state index contributed by atoms with van der Waals surface area (Å²) >= 11 is 1.62. The Labute approximate surface area is 131 Å². The highest BCUT2D eigenvalue weighted by Crippen LogP contribution is 2.19. The zero-order valence-electron chi connectivity index (χ0n) is 13.4. The summed E-state index contributed by atoms with van der Waals surface area (Å²) in [5.41, 5.74) is 6.85. The molecular weight excluding hydrogens is 284 g/mol. The van der Waals surface area contributed by atoms with Crippen LogP contribution in [0.4, 0.5) is 0 Å². The molecule has 0 fully saturated rings. The Morgan fingerprint density at radius 2 is 2.00 bits per heavy atom. The van der Waals surface area contributed by atoms with Crippen molar-refractivity contribution in [2.45, 2.75) is 57.7 Å². The molecular formula is C15H26N4OS. The second kappa shape index (κ2) is 8.34. The lowest BCUT2D eigenvalue weighted by atomic mass is 9.95. The quantitative estimate of drug-likeness (QED) is 0.415. The Bertz CT molecular complexity index is 460. The summed E-state index contributed by atoms with van der Waals surface area (Å²) in [7, 11) is 0. The number of hydrogen-bond donors (Lipinski definition) is 2. The van der Waals surface area contributed by atoms with Crippen LogP contribution in [0.15, 0.2) is 11.2 Å². The minimum Gasteiger partial charge on any atom is -0.368 e. The zero-order valence-corrected chi connectivity index (χ0v) is 14.2. The molecule has 1 aromatic rings. The fraction of sp³-hybridized carbons (Fsp3) is 0.667. The summed E-state index contributed by atoms with van der Waals surface area (Å²) in [4.78, 5) is 20.4.